The van der Waals surface area contributed by atoms with Gasteiger partial charge in [-0.15, -0.1) is 0 Å². The zero-order chi connectivity index (χ0) is 19.8. The second-order valence-corrected chi connectivity index (χ2v) is 8.14. The number of hydrogen-bond acceptors (Lipinski definition) is 4. The highest BCUT2D eigenvalue weighted by Crippen LogP contribution is 2.39. The molecule has 1 aromatic heterocycles. The minimum atomic E-state index is -0.579. The average molecular weight is 387 g/mol. The van der Waals surface area contributed by atoms with E-state index in [0.717, 1.165) is 21.9 Å². The number of benzene rings is 1. The molecule has 1 N–H and O–H groups in total. The van der Waals surface area contributed by atoms with Gasteiger partial charge in [-0.25, -0.2) is 4.98 Å². The molecule has 0 radical (unpaired) electrons. The Labute approximate surface area is 165 Å². The van der Waals surface area contributed by atoms with Crippen LogP contribution in [0.25, 0.3) is 17.0 Å². The minimum absolute atomic E-state index is 0.125. The zero-order valence-corrected chi connectivity index (χ0v) is 17.1. The molecule has 5 nitrogen and oxygen atoms in total. The van der Waals surface area contributed by atoms with Crippen molar-refractivity contribution in [3.63, 3.8) is 0 Å². The molecule has 0 saturated carbocycles. The molecule has 3 rings (SSSR count). The SMILES string of the molecule is CC(=O)NCC(=Cc1cc2ccccc2nc1Cl)B1OC(C)(C)C(C)(C)O1. The first-order valence-corrected chi connectivity index (χ1v) is 9.33. The summed E-state index contributed by atoms with van der Waals surface area (Å²) in [5.74, 6) is -0.125. The number of halogens is 1. The Bertz CT molecular complexity index is 895. The van der Waals surface area contributed by atoms with Crippen LogP contribution in [0, 0.1) is 0 Å². The number of nitrogens with one attached hydrogen (secondary N) is 1. The topological polar surface area (TPSA) is 60.5 Å². The summed E-state index contributed by atoms with van der Waals surface area (Å²) in [6.45, 7) is 9.75. The first kappa shape index (κ1) is 19.9. The van der Waals surface area contributed by atoms with Crippen LogP contribution in [-0.4, -0.2) is 35.8 Å². The summed E-state index contributed by atoms with van der Waals surface area (Å²) in [6, 6.07) is 9.76. The fourth-order valence-corrected chi connectivity index (χ4v) is 3.03. The van der Waals surface area contributed by atoms with Crippen molar-refractivity contribution in [1.82, 2.24) is 10.3 Å². The van der Waals surface area contributed by atoms with Gasteiger partial charge in [-0.3, -0.25) is 4.79 Å². The number of aromatic nitrogens is 1. The molecule has 142 valence electrons. The van der Waals surface area contributed by atoms with E-state index in [-0.39, 0.29) is 5.91 Å². The molecule has 1 aliphatic rings. The number of rotatable bonds is 4. The molecule has 0 unspecified atom stereocenters. The first-order valence-electron chi connectivity index (χ1n) is 8.95. The van der Waals surface area contributed by atoms with E-state index in [0.29, 0.717) is 11.7 Å². The van der Waals surface area contributed by atoms with Gasteiger partial charge in [-0.1, -0.05) is 35.9 Å². The van der Waals surface area contributed by atoms with Crippen molar-refractivity contribution in [3.05, 3.63) is 46.5 Å². The van der Waals surface area contributed by atoms with E-state index in [1.54, 1.807) is 0 Å². The lowest BCUT2D eigenvalue weighted by atomic mass is 9.77. The van der Waals surface area contributed by atoms with Gasteiger partial charge in [0.25, 0.3) is 0 Å². The van der Waals surface area contributed by atoms with Crippen LogP contribution < -0.4 is 5.32 Å². The Morgan fingerprint density at radius 3 is 2.48 bits per heavy atom. The van der Waals surface area contributed by atoms with Crippen LogP contribution >= 0.6 is 11.6 Å². The average Bonchev–Trinajstić information content (AvgIpc) is 2.79. The molecule has 27 heavy (non-hydrogen) atoms. The van der Waals surface area contributed by atoms with Gasteiger partial charge in [0.15, 0.2) is 0 Å². The van der Waals surface area contributed by atoms with Crippen molar-refractivity contribution < 1.29 is 14.1 Å². The number of nitrogens with zero attached hydrogens (tertiary/aromatic N) is 1. The predicted molar refractivity (Wildman–Crippen MR) is 109 cm³/mol. The second kappa shape index (κ2) is 7.26. The Balaban J connectivity index is 2.01. The highest BCUT2D eigenvalue weighted by atomic mass is 35.5. The van der Waals surface area contributed by atoms with E-state index in [4.69, 9.17) is 20.9 Å². The summed E-state index contributed by atoms with van der Waals surface area (Å²) in [6.07, 6.45) is 1.89. The number of amides is 1. The maximum absolute atomic E-state index is 11.5. The zero-order valence-electron chi connectivity index (χ0n) is 16.3. The molecule has 0 aliphatic carbocycles. The van der Waals surface area contributed by atoms with Crippen LogP contribution in [0.2, 0.25) is 5.15 Å². The lowest BCUT2D eigenvalue weighted by Gasteiger charge is -2.32. The highest BCUT2D eigenvalue weighted by molar-refractivity contribution is 6.56. The maximum Gasteiger partial charge on any atom is 0.492 e. The van der Waals surface area contributed by atoms with Crippen LogP contribution in [0.3, 0.4) is 0 Å². The Kier molecular flexibility index (Phi) is 5.34. The van der Waals surface area contributed by atoms with Crippen molar-refractivity contribution in [2.45, 2.75) is 45.8 Å². The van der Waals surface area contributed by atoms with Gasteiger partial charge in [0.05, 0.1) is 16.7 Å². The summed E-state index contributed by atoms with van der Waals surface area (Å²) < 4.78 is 12.3. The molecule has 2 aromatic rings. The Morgan fingerprint density at radius 2 is 1.85 bits per heavy atom. The Hall–Kier alpha value is -1.89. The fourth-order valence-electron chi connectivity index (χ4n) is 2.83. The molecule has 1 amide bonds. The minimum Gasteiger partial charge on any atom is -0.400 e. The molecular weight excluding hydrogens is 362 g/mol. The van der Waals surface area contributed by atoms with E-state index in [2.05, 4.69) is 10.3 Å². The number of carbonyl (C=O) groups excluding carboxylic acids is 1. The van der Waals surface area contributed by atoms with Crippen LogP contribution in [0.1, 0.15) is 40.2 Å². The van der Waals surface area contributed by atoms with Crippen LogP contribution in [0.15, 0.2) is 35.8 Å². The Morgan fingerprint density at radius 1 is 1.22 bits per heavy atom. The monoisotopic (exact) mass is 386 g/mol. The quantitative estimate of drug-likeness (QED) is 0.636. The fraction of sp³-hybridized carbons (Fsp3) is 0.400. The summed E-state index contributed by atoms with van der Waals surface area (Å²) in [5, 5.41) is 4.20. The van der Waals surface area contributed by atoms with Gasteiger partial charge >= 0.3 is 7.12 Å². The van der Waals surface area contributed by atoms with Crippen molar-refractivity contribution in [2.24, 2.45) is 0 Å². The maximum atomic E-state index is 11.5. The number of para-hydroxylation sites is 1. The molecule has 7 heteroatoms. The first-order chi connectivity index (χ1) is 12.6. The summed E-state index contributed by atoms with van der Waals surface area (Å²) >= 11 is 6.40. The standard InChI is InChI=1S/C20H24BClN2O3/c1-13(25)23-12-16(21-26-19(2,3)20(4,5)27-21)11-15-10-14-8-6-7-9-17(14)24-18(15)22/h6-11H,12H2,1-5H3,(H,23,25). The number of pyridine rings is 1. The van der Waals surface area contributed by atoms with Crippen molar-refractivity contribution in [1.29, 1.82) is 0 Å². The molecule has 2 heterocycles. The number of hydrogen-bond donors (Lipinski definition) is 1. The van der Waals surface area contributed by atoms with E-state index >= 15 is 0 Å². The summed E-state index contributed by atoms with van der Waals surface area (Å²) in [7, 11) is -0.579. The number of fused-ring (bicyclic) bond motifs is 1. The van der Waals surface area contributed by atoms with Gasteiger partial charge in [-0.05, 0) is 45.3 Å². The molecule has 0 bridgehead atoms. The van der Waals surface area contributed by atoms with E-state index in [1.807, 2.05) is 64.1 Å². The smallest absolute Gasteiger partial charge is 0.400 e. The van der Waals surface area contributed by atoms with Gasteiger partial charge < -0.3 is 14.6 Å². The van der Waals surface area contributed by atoms with E-state index in [9.17, 15) is 4.79 Å². The van der Waals surface area contributed by atoms with E-state index in [1.165, 1.54) is 6.92 Å². The third-order valence-corrected chi connectivity index (χ3v) is 5.45. The normalized spacial score (nSPS) is 18.7. The van der Waals surface area contributed by atoms with Gasteiger partial charge in [0, 0.05) is 24.4 Å². The van der Waals surface area contributed by atoms with Gasteiger partial charge in [-0.2, -0.15) is 0 Å². The molecule has 1 fully saturated rings. The van der Waals surface area contributed by atoms with Crippen LogP contribution in [-0.2, 0) is 14.1 Å². The summed E-state index contributed by atoms with van der Waals surface area (Å²) in [4.78, 5) is 15.9. The molecular formula is C20H24BClN2O3. The van der Waals surface area contributed by atoms with Gasteiger partial charge in [0.1, 0.15) is 5.15 Å². The molecule has 1 aliphatic heterocycles. The third kappa shape index (κ3) is 4.18. The summed E-state index contributed by atoms with van der Waals surface area (Å²) in [5.41, 5.74) is 1.42. The lowest BCUT2D eigenvalue weighted by Crippen LogP contribution is -2.41. The molecule has 1 saturated heterocycles. The highest BCUT2D eigenvalue weighted by Gasteiger charge is 2.52. The molecule has 1 aromatic carbocycles. The van der Waals surface area contributed by atoms with E-state index < -0.39 is 18.3 Å². The lowest BCUT2D eigenvalue weighted by molar-refractivity contribution is -0.118. The second-order valence-electron chi connectivity index (χ2n) is 7.78. The molecule has 0 atom stereocenters. The third-order valence-electron chi connectivity index (χ3n) is 5.14. The van der Waals surface area contributed by atoms with Crippen LogP contribution in [0.5, 0.6) is 0 Å². The van der Waals surface area contributed by atoms with Crippen LogP contribution in [0.4, 0.5) is 0 Å². The van der Waals surface area contributed by atoms with Crippen molar-refractivity contribution >= 4 is 41.6 Å². The number of carbonyl (C=O) groups is 1. The van der Waals surface area contributed by atoms with Crippen molar-refractivity contribution in [3.8, 4) is 0 Å². The molecule has 0 spiro atoms. The predicted octanol–water partition coefficient (Wildman–Crippen LogP) is 4.04. The largest absolute Gasteiger partial charge is 0.492 e. The van der Waals surface area contributed by atoms with Gasteiger partial charge in [0.2, 0.25) is 5.91 Å². The van der Waals surface area contributed by atoms with Crippen molar-refractivity contribution in [2.75, 3.05) is 6.54 Å².